The van der Waals surface area contributed by atoms with Gasteiger partial charge >= 0.3 is 0 Å². The number of carbonyl (C=O) groups excluding carboxylic acids is 1. The lowest BCUT2D eigenvalue weighted by atomic mass is 9.45. The molecule has 0 aromatic heterocycles. The van der Waals surface area contributed by atoms with Gasteiger partial charge in [-0.3, -0.25) is 4.79 Å². The molecule has 0 amide bonds. The Morgan fingerprint density at radius 2 is 2.00 bits per heavy atom. The Labute approximate surface area is 178 Å². The summed E-state index contributed by atoms with van der Waals surface area (Å²) in [6.45, 7) is 4.83. The third-order valence-corrected chi connectivity index (χ3v) is 9.44. The van der Waals surface area contributed by atoms with Gasteiger partial charge in [0, 0.05) is 28.8 Å². The molecule has 148 valence electrons. The summed E-state index contributed by atoms with van der Waals surface area (Å²) >= 11 is 2.41. The van der Waals surface area contributed by atoms with Crippen LogP contribution in [0.2, 0.25) is 0 Å². The fraction of sp³-hybridized carbons (Fsp3) is 0.792. The summed E-state index contributed by atoms with van der Waals surface area (Å²) < 4.78 is 1.13. The highest BCUT2D eigenvalue weighted by molar-refractivity contribution is 14.1. The normalized spacial score (nSPS) is 45.9. The topological polar surface area (TPSA) is 37.3 Å². The van der Waals surface area contributed by atoms with Crippen molar-refractivity contribution in [2.75, 3.05) is 11.0 Å². The van der Waals surface area contributed by atoms with Gasteiger partial charge in [0.1, 0.15) is 0 Å². The van der Waals surface area contributed by atoms with Crippen molar-refractivity contribution in [1.82, 2.24) is 0 Å². The van der Waals surface area contributed by atoms with Gasteiger partial charge in [-0.1, -0.05) is 48.4 Å². The minimum atomic E-state index is -0.0891. The number of allylic oxidation sites excluding steroid dienone is 1. The van der Waals surface area contributed by atoms with Crippen LogP contribution in [-0.4, -0.2) is 21.9 Å². The van der Waals surface area contributed by atoms with E-state index in [1.165, 1.54) is 38.5 Å². The smallest absolute Gasteiger partial charge is 0.161 e. The number of fused-ring (bicyclic) bond motifs is 5. The largest absolute Gasteiger partial charge is 0.392 e. The SMILES string of the molecule is C[C@]12CC[C@H]3[C@@H](CCC4CC(=O)C(CO)=C[C@@]43C)[C@@H]1CC[C@H]2C#CCCI. The molecule has 0 aromatic carbocycles. The number of aliphatic hydroxyl groups excluding tert-OH is 1. The van der Waals surface area contributed by atoms with E-state index in [1.54, 1.807) is 0 Å². The summed E-state index contributed by atoms with van der Waals surface area (Å²) in [7, 11) is 0. The Morgan fingerprint density at radius 3 is 2.74 bits per heavy atom. The maximum atomic E-state index is 12.3. The second kappa shape index (κ2) is 7.48. The number of rotatable bonds is 2. The Bertz CT molecular complexity index is 701. The maximum Gasteiger partial charge on any atom is 0.161 e. The van der Waals surface area contributed by atoms with Gasteiger partial charge in [-0.25, -0.2) is 0 Å². The van der Waals surface area contributed by atoms with E-state index in [4.69, 9.17) is 0 Å². The van der Waals surface area contributed by atoms with E-state index in [2.05, 4.69) is 54.4 Å². The van der Waals surface area contributed by atoms with E-state index in [-0.39, 0.29) is 17.8 Å². The monoisotopic (exact) mass is 480 g/mol. The van der Waals surface area contributed by atoms with Gasteiger partial charge in [0.2, 0.25) is 0 Å². The molecule has 0 aliphatic heterocycles. The fourth-order valence-corrected chi connectivity index (χ4v) is 7.71. The van der Waals surface area contributed by atoms with Gasteiger partial charge < -0.3 is 5.11 Å². The Kier molecular flexibility index (Phi) is 5.53. The molecule has 3 saturated carbocycles. The van der Waals surface area contributed by atoms with E-state index in [0.29, 0.717) is 35.2 Å². The fourth-order valence-electron chi connectivity index (χ4n) is 7.44. The molecule has 1 unspecified atom stereocenters. The summed E-state index contributed by atoms with van der Waals surface area (Å²) in [6.07, 6.45) is 11.5. The van der Waals surface area contributed by atoms with E-state index in [0.717, 1.165) is 22.7 Å². The molecule has 4 aliphatic rings. The number of ketones is 1. The number of carbonyl (C=O) groups is 1. The Hall–Kier alpha value is -0.340. The standard InChI is InChI=1S/C24H33IO2/c1-23-11-10-21-19(20(23)9-7-17(23)5-3-4-12-25)8-6-18-13-22(27)16(15-26)14-24(18,21)2/h14,17-21,26H,4,6-13,15H2,1-2H3/t17-,18?,19+,20+,21+,23-,24+/m1/s1. The summed E-state index contributed by atoms with van der Waals surface area (Å²) in [5, 5.41) is 9.69. The van der Waals surface area contributed by atoms with E-state index < -0.39 is 0 Å². The maximum absolute atomic E-state index is 12.3. The molecule has 1 N–H and O–H groups in total. The Balaban J connectivity index is 1.62. The summed E-state index contributed by atoms with van der Waals surface area (Å²) in [4.78, 5) is 12.3. The van der Waals surface area contributed by atoms with Crippen molar-refractivity contribution in [3.05, 3.63) is 11.6 Å². The van der Waals surface area contributed by atoms with Gasteiger partial charge in [-0.15, -0.1) is 5.92 Å². The van der Waals surface area contributed by atoms with E-state index in [1.807, 2.05) is 0 Å². The first-order valence-electron chi connectivity index (χ1n) is 10.8. The number of Topliss-reactive ketones (excluding diaryl/α,β-unsaturated/α-hetero) is 1. The lowest BCUT2D eigenvalue weighted by Gasteiger charge is -2.59. The predicted octanol–water partition coefficient (Wildman–Crippen LogP) is 5.18. The van der Waals surface area contributed by atoms with Gasteiger partial charge in [0.25, 0.3) is 0 Å². The highest BCUT2D eigenvalue weighted by Crippen LogP contribution is 2.66. The van der Waals surface area contributed by atoms with Crippen molar-refractivity contribution >= 4 is 28.4 Å². The van der Waals surface area contributed by atoms with Crippen molar-refractivity contribution in [3.8, 4) is 11.8 Å². The van der Waals surface area contributed by atoms with Crippen molar-refractivity contribution in [1.29, 1.82) is 0 Å². The lowest BCUT2D eigenvalue weighted by molar-refractivity contribution is -0.123. The molecule has 4 rings (SSSR count). The molecular weight excluding hydrogens is 447 g/mol. The molecule has 0 spiro atoms. The minimum absolute atomic E-state index is 0.0891. The van der Waals surface area contributed by atoms with Crippen molar-refractivity contribution in [2.24, 2.45) is 40.4 Å². The summed E-state index contributed by atoms with van der Waals surface area (Å²) in [5.74, 6) is 10.6. The summed E-state index contributed by atoms with van der Waals surface area (Å²) in [5.41, 5.74) is 1.16. The number of hydrogen-bond acceptors (Lipinski definition) is 2. The zero-order chi connectivity index (χ0) is 19.2. The van der Waals surface area contributed by atoms with Crippen molar-refractivity contribution in [3.63, 3.8) is 0 Å². The predicted molar refractivity (Wildman–Crippen MR) is 117 cm³/mol. The number of alkyl halides is 1. The van der Waals surface area contributed by atoms with Gasteiger partial charge in [-0.05, 0) is 73.0 Å². The molecule has 0 heterocycles. The highest BCUT2D eigenvalue weighted by Gasteiger charge is 2.59. The molecular formula is C24H33IO2. The zero-order valence-corrected chi connectivity index (χ0v) is 18.9. The van der Waals surface area contributed by atoms with Crippen molar-refractivity contribution in [2.45, 2.75) is 65.2 Å². The molecule has 4 aliphatic carbocycles. The first-order chi connectivity index (χ1) is 12.9. The molecule has 0 bridgehead atoms. The Morgan fingerprint density at radius 1 is 1.19 bits per heavy atom. The van der Waals surface area contributed by atoms with Crippen LogP contribution in [0.4, 0.5) is 0 Å². The van der Waals surface area contributed by atoms with Crippen LogP contribution in [0, 0.1) is 52.3 Å². The van der Waals surface area contributed by atoms with Crippen LogP contribution in [0.5, 0.6) is 0 Å². The number of aliphatic hydroxyl groups is 1. The number of halogens is 1. The second-order valence-electron chi connectivity index (χ2n) is 9.91. The van der Waals surface area contributed by atoms with Crippen LogP contribution in [0.15, 0.2) is 11.6 Å². The molecule has 0 radical (unpaired) electrons. The van der Waals surface area contributed by atoms with Crippen LogP contribution >= 0.6 is 22.6 Å². The first-order valence-corrected chi connectivity index (χ1v) is 12.4. The molecule has 2 nitrogen and oxygen atoms in total. The highest BCUT2D eigenvalue weighted by atomic mass is 127. The average Bonchev–Trinajstić information content (AvgIpc) is 2.98. The van der Waals surface area contributed by atoms with E-state index >= 15 is 0 Å². The second-order valence-corrected chi connectivity index (χ2v) is 11.0. The molecule has 0 saturated heterocycles. The average molecular weight is 480 g/mol. The number of hydrogen-bond donors (Lipinski definition) is 1. The minimum Gasteiger partial charge on any atom is -0.392 e. The van der Waals surface area contributed by atoms with Crippen LogP contribution in [0.1, 0.15) is 65.2 Å². The molecule has 3 fully saturated rings. The van der Waals surface area contributed by atoms with Gasteiger partial charge in [-0.2, -0.15) is 0 Å². The van der Waals surface area contributed by atoms with E-state index in [9.17, 15) is 9.90 Å². The third kappa shape index (κ3) is 3.14. The molecule has 7 atom stereocenters. The van der Waals surface area contributed by atoms with Crippen molar-refractivity contribution < 1.29 is 9.90 Å². The van der Waals surface area contributed by atoms with Crippen LogP contribution in [0.3, 0.4) is 0 Å². The third-order valence-electron chi connectivity index (χ3n) is 8.91. The quantitative estimate of drug-likeness (QED) is 0.336. The molecule has 3 heteroatoms. The van der Waals surface area contributed by atoms with Crippen LogP contribution in [0.25, 0.3) is 0 Å². The lowest BCUT2D eigenvalue weighted by Crippen LogP contribution is -2.52. The zero-order valence-electron chi connectivity index (χ0n) is 16.8. The molecule has 27 heavy (non-hydrogen) atoms. The first kappa shape index (κ1) is 20.0. The summed E-state index contributed by atoms with van der Waals surface area (Å²) in [6, 6.07) is 0. The van der Waals surface area contributed by atoms with Gasteiger partial charge in [0.05, 0.1) is 6.61 Å². The molecule has 0 aromatic rings. The van der Waals surface area contributed by atoms with Gasteiger partial charge in [0.15, 0.2) is 5.78 Å². The van der Waals surface area contributed by atoms with Crippen LogP contribution in [-0.2, 0) is 4.79 Å². The van der Waals surface area contributed by atoms with Crippen LogP contribution < -0.4 is 0 Å².